The normalized spacial score (nSPS) is 20.5. The topological polar surface area (TPSA) is 49.2 Å². The van der Waals surface area contributed by atoms with Gasteiger partial charge in [-0.3, -0.25) is 0 Å². The standard InChI is InChI=1S/C14H23N3O/c1-5-11-8-15-10(2)16-13(11)17-7-6-12(9-17)14(3,4)18/h8,12,18H,5-7,9H2,1-4H3. The maximum Gasteiger partial charge on any atom is 0.135 e. The summed E-state index contributed by atoms with van der Waals surface area (Å²) < 4.78 is 0. The number of nitrogens with zero attached hydrogens (tertiary/aromatic N) is 3. The Bertz CT molecular complexity index is 426. The van der Waals surface area contributed by atoms with Crippen LogP contribution in [0.25, 0.3) is 0 Å². The van der Waals surface area contributed by atoms with Gasteiger partial charge in [-0.2, -0.15) is 0 Å². The number of hydrogen-bond acceptors (Lipinski definition) is 4. The first kappa shape index (κ1) is 13.3. The fraction of sp³-hybridized carbons (Fsp3) is 0.714. The van der Waals surface area contributed by atoms with Crippen LogP contribution in [0.4, 0.5) is 5.82 Å². The molecule has 1 saturated heterocycles. The summed E-state index contributed by atoms with van der Waals surface area (Å²) in [5.41, 5.74) is 0.584. The van der Waals surface area contributed by atoms with E-state index in [9.17, 15) is 5.11 Å². The highest BCUT2D eigenvalue weighted by Crippen LogP contribution is 2.31. The minimum absolute atomic E-state index is 0.317. The van der Waals surface area contributed by atoms with Crippen LogP contribution in [-0.2, 0) is 6.42 Å². The second kappa shape index (κ2) is 4.84. The zero-order chi connectivity index (χ0) is 13.3. The minimum atomic E-state index is -0.608. The summed E-state index contributed by atoms with van der Waals surface area (Å²) in [6.07, 6.45) is 3.89. The molecule has 100 valence electrons. The Hall–Kier alpha value is -1.16. The lowest BCUT2D eigenvalue weighted by molar-refractivity contribution is 0.0263. The molecule has 0 amide bonds. The molecule has 1 atom stereocenters. The third-order valence-corrected chi connectivity index (χ3v) is 3.83. The van der Waals surface area contributed by atoms with E-state index in [0.717, 1.165) is 37.6 Å². The fourth-order valence-corrected chi connectivity index (χ4v) is 2.54. The van der Waals surface area contributed by atoms with E-state index in [-0.39, 0.29) is 0 Å². The highest BCUT2D eigenvalue weighted by molar-refractivity contribution is 5.47. The molecule has 4 nitrogen and oxygen atoms in total. The Balaban J connectivity index is 2.21. The Labute approximate surface area is 109 Å². The van der Waals surface area contributed by atoms with Gasteiger partial charge in [-0.1, -0.05) is 6.92 Å². The van der Waals surface area contributed by atoms with Gasteiger partial charge >= 0.3 is 0 Å². The van der Waals surface area contributed by atoms with E-state index in [1.165, 1.54) is 5.56 Å². The van der Waals surface area contributed by atoms with Crippen molar-refractivity contribution in [2.45, 2.75) is 46.1 Å². The van der Waals surface area contributed by atoms with Crippen molar-refractivity contribution in [1.29, 1.82) is 0 Å². The highest BCUT2D eigenvalue weighted by atomic mass is 16.3. The lowest BCUT2D eigenvalue weighted by atomic mass is 9.90. The minimum Gasteiger partial charge on any atom is -0.390 e. The van der Waals surface area contributed by atoms with Crippen LogP contribution in [0, 0.1) is 12.8 Å². The molecular formula is C14H23N3O. The molecule has 2 heterocycles. The third kappa shape index (κ3) is 2.64. The molecule has 4 heteroatoms. The van der Waals surface area contributed by atoms with Crippen molar-refractivity contribution in [2.75, 3.05) is 18.0 Å². The van der Waals surface area contributed by atoms with E-state index in [1.807, 2.05) is 27.0 Å². The van der Waals surface area contributed by atoms with E-state index < -0.39 is 5.60 Å². The lowest BCUT2D eigenvalue weighted by Gasteiger charge is -2.26. The number of aliphatic hydroxyl groups is 1. The van der Waals surface area contributed by atoms with E-state index in [0.29, 0.717) is 5.92 Å². The molecule has 1 N–H and O–H groups in total. The summed E-state index contributed by atoms with van der Waals surface area (Å²) in [6.45, 7) is 9.69. The smallest absolute Gasteiger partial charge is 0.135 e. The Morgan fingerprint density at radius 1 is 1.50 bits per heavy atom. The predicted octanol–water partition coefficient (Wildman–Crippen LogP) is 1.94. The Morgan fingerprint density at radius 2 is 2.22 bits per heavy atom. The summed E-state index contributed by atoms with van der Waals surface area (Å²) in [6, 6.07) is 0. The predicted molar refractivity (Wildman–Crippen MR) is 72.8 cm³/mol. The van der Waals surface area contributed by atoms with Gasteiger partial charge < -0.3 is 10.0 Å². The highest BCUT2D eigenvalue weighted by Gasteiger charge is 2.34. The fourth-order valence-electron chi connectivity index (χ4n) is 2.54. The third-order valence-electron chi connectivity index (χ3n) is 3.83. The molecule has 1 aromatic rings. The van der Waals surface area contributed by atoms with Gasteiger partial charge in [0.05, 0.1) is 5.60 Å². The van der Waals surface area contributed by atoms with E-state index in [4.69, 9.17) is 0 Å². The summed E-state index contributed by atoms with van der Waals surface area (Å²) >= 11 is 0. The van der Waals surface area contributed by atoms with Crippen LogP contribution >= 0.6 is 0 Å². The van der Waals surface area contributed by atoms with E-state index >= 15 is 0 Å². The van der Waals surface area contributed by atoms with Gasteiger partial charge in [0.2, 0.25) is 0 Å². The first-order valence-electron chi connectivity index (χ1n) is 6.71. The first-order chi connectivity index (χ1) is 8.41. The molecule has 0 aromatic carbocycles. The second-order valence-electron chi connectivity index (χ2n) is 5.70. The molecule has 0 bridgehead atoms. The quantitative estimate of drug-likeness (QED) is 0.889. The number of aryl methyl sites for hydroxylation is 2. The maximum absolute atomic E-state index is 10.1. The first-order valence-corrected chi connectivity index (χ1v) is 6.71. The van der Waals surface area contributed by atoms with Gasteiger partial charge in [0.15, 0.2) is 0 Å². The van der Waals surface area contributed by atoms with Crippen LogP contribution in [0.1, 0.15) is 38.6 Å². The maximum atomic E-state index is 10.1. The molecule has 1 fully saturated rings. The van der Waals surface area contributed by atoms with Crippen molar-refractivity contribution in [3.63, 3.8) is 0 Å². The van der Waals surface area contributed by atoms with Crippen molar-refractivity contribution in [2.24, 2.45) is 5.92 Å². The van der Waals surface area contributed by atoms with Crippen LogP contribution in [-0.4, -0.2) is 33.8 Å². The lowest BCUT2D eigenvalue weighted by Crippen LogP contribution is -2.33. The van der Waals surface area contributed by atoms with Crippen LogP contribution < -0.4 is 4.90 Å². The van der Waals surface area contributed by atoms with Crippen molar-refractivity contribution < 1.29 is 5.11 Å². The van der Waals surface area contributed by atoms with Gasteiger partial charge in [0, 0.05) is 30.8 Å². The van der Waals surface area contributed by atoms with E-state index in [1.54, 1.807) is 0 Å². The SMILES string of the molecule is CCc1cnc(C)nc1N1CCC(C(C)(C)O)C1. The number of aromatic nitrogens is 2. The van der Waals surface area contributed by atoms with Crippen LogP contribution in [0.2, 0.25) is 0 Å². The summed E-state index contributed by atoms with van der Waals surface area (Å²) in [7, 11) is 0. The van der Waals surface area contributed by atoms with Crippen LogP contribution in [0.3, 0.4) is 0 Å². The molecule has 1 aromatic heterocycles. The molecule has 0 radical (unpaired) electrons. The van der Waals surface area contributed by atoms with Gasteiger partial charge in [0.1, 0.15) is 11.6 Å². The number of hydrogen-bond donors (Lipinski definition) is 1. The van der Waals surface area contributed by atoms with Crippen molar-refractivity contribution in [3.8, 4) is 0 Å². The summed E-state index contributed by atoms with van der Waals surface area (Å²) in [4.78, 5) is 11.1. The van der Waals surface area contributed by atoms with Gasteiger partial charge in [-0.25, -0.2) is 9.97 Å². The summed E-state index contributed by atoms with van der Waals surface area (Å²) in [5.74, 6) is 2.18. The summed E-state index contributed by atoms with van der Waals surface area (Å²) in [5, 5.41) is 10.1. The molecular weight excluding hydrogens is 226 g/mol. The van der Waals surface area contributed by atoms with Gasteiger partial charge in [0.25, 0.3) is 0 Å². The molecule has 1 aliphatic rings. The molecule has 0 aliphatic carbocycles. The molecule has 2 rings (SSSR count). The largest absolute Gasteiger partial charge is 0.390 e. The second-order valence-corrected chi connectivity index (χ2v) is 5.70. The number of anilines is 1. The molecule has 0 saturated carbocycles. The molecule has 0 spiro atoms. The van der Waals surface area contributed by atoms with Crippen LogP contribution in [0.15, 0.2) is 6.20 Å². The molecule has 18 heavy (non-hydrogen) atoms. The van der Waals surface area contributed by atoms with E-state index in [2.05, 4.69) is 21.8 Å². The zero-order valence-corrected chi connectivity index (χ0v) is 11.8. The molecule has 1 aliphatic heterocycles. The van der Waals surface area contributed by atoms with Gasteiger partial charge in [-0.15, -0.1) is 0 Å². The zero-order valence-electron chi connectivity index (χ0n) is 11.8. The number of rotatable bonds is 3. The van der Waals surface area contributed by atoms with Crippen LogP contribution in [0.5, 0.6) is 0 Å². The van der Waals surface area contributed by atoms with Gasteiger partial charge in [-0.05, 0) is 33.6 Å². The Morgan fingerprint density at radius 3 is 2.78 bits per heavy atom. The average molecular weight is 249 g/mol. The van der Waals surface area contributed by atoms with Crippen molar-refractivity contribution in [1.82, 2.24) is 9.97 Å². The molecule has 1 unspecified atom stereocenters. The average Bonchev–Trinajstić information content (AvgIpc) is 2.77. The Kier molecular flexibility index (Phi) is 3.57. The monoisotopic (exact) mass is 249 g/mol. The van der Waals surface area contributed by atoms with Crippen molar-refractivity contribution in [3.05, 3.63) is 17.6 Å². The van der Waals surface area contributed by atoms with Crippen molar-refractivity contribution >= 4 is 5.82 Å².